The lowest BCUT2D eigenvalue weighted by molar-refractivity contribution is -0.200. The first-order valence-corrected chi connectivity index (χ1v) is 22.6. The summed E-state index contributed by atoms with van der Waals surface area (Å²) in [6.07, 6.45) is 16.1. The van der Waals surface area contributed by atoms with Gasteiger partial charge in [0.05, 0.1) is 17.8 Å². The van der Waals surface area contributed by atoms with Crippen LogP contribution in [0.4, 0.5) is 10.2 Å². The van der Waals surface area contributed by atoms with Gasteiger partial charge in [0.2, 0.25) is 0 Å². The van der Waals surface area contributed by atoms with Crippen LogP contribution in [0.25, 0.3) is 11.1 Å². The smallest absolute Gasteiger partial charge is 0.356 e. The largest absolute Gasteiger partial charge is 0.381 e. The fourth-order valence-corrected chi connectivity index (χ4v) is 9.22. The molecule has 8 heteroatoms. The minimum Gasteiger partial charge on any atom is -0.356 e. The number of nitrogens with one attached hydrogen (secondary N) is 1. The molecule has 1 aliphatic heterocycles. The summed E-state index contributed by atoms with van der Waals surface area (Å²) in [6, 6.07) is 23.9. The number of carbonyl (C=O) groups excluding carboxylic acids is 1. The number of halogens is 1. The number of hydrogen-bond donors (Lipinski definition) is 1. The molecule has 0 spiro atoms. The summed E-state index contributed by atoms with van der Waals surface area (Å²) in [5.41, 5.74) is 11.9. The van der Waals surface area contributed by atoms with Crippen molar-refractivity contribution in [1.29, 1.82) is 0 Å². The molecule has 0 unspecified atom stereocenters. The van der Waals surface area contributed by atoms with Crippen LogP contribution in [0.3, 0.4) is 0 Å². The van der Waals surface area contributed by atoms with Crippen molar-refractivity contribution in [3.05, 3.63) is 117 Å². The molecule has 5 rings (SSSR count). The Morgan fingerprint density at radius 3 is 2.12 bits per heavy atom. The third kappa shape index (κ3) is 11.6. The third-order valence-corrected chi connectivity index (χ3v) is 12.4. The van der Waals surface area contributed by atoms with E-state index in [-0.39, 0.29) is 0 Å². The van der Waals surface area contributed by atoms with Crippen LogP contribution in [-0.4, -0.2) is 28.2 Å². The maximum absolute atomic E-state index is 13.9. The molecule has 0 saturated heterocycles. The summed E-state index contributed by atoms with van der Waals surface area (Å²) < 4.78 is 26.2. The van der Waals surface area contributed by atoms with Gasteiger partial charge in [0.1, 0.15) is 0 Å². The van der Waals surface area contributed by atoms with Crippen LogP contribution in [-0.2, 0) is 27.4 Å². The number of benzene rings is 3. The highest BCUT2D eigenvalue weighted by Crippen LogP contribution is 2.49. The van der Waals surface area contributed by atoms with Gasteiger partial charge in [-0.05, 0) is 130 Å². The minimum absolute atomic E-state index is 0.553. The lowest BCUT2D eigenvalue weighted by Crippen LogP contribution is -2.36. The lowest BCUT2D eigenvalue weighted by atomic mass is 9.87. The van der Waals surface area contributed by atoms with Gasteiger partial charge >= 0.3 is 5.97 Å². The van der Waals surface area contributed by atoms with Crippen LogP contribution in [0, 0.1) is 6.92 Å². The number of fused-ring (bicyclic) bond motifs is 3. The second kappa shape index (κ2) is 20.8. The summed E-state index contributed by atoms with van der Waals surface area (Å²) in [6.45, 7) is 14.8. The number of carbonyl (C=O) groups is 1. The predicted molar refractivity (Wildman–Crippen MR) is 237 cm³/mol. The third-order valence-electron chi connectivity index (χ3n) is 10.8. The summed E-state index contributed by atoms with van der Waals surface area (Å²) in [4.78, 5) is 18.4. The van der Waals surface area contributed by atoms with Gasteiger partial charge in [0.15, 0.2) is 6.10 Å². The van der Waals surface area contributed by atoms with Crippen molar-refractivity contribution < 1.29 is 19.0 Å². The van der Waals surface area contributed by atoms with Crippen molar-refractivity contribution in [2.45, 2.75) is 149 Å². The number of allylic oxidation sites excluding steroid dienone is 3. The first-order chi connectivity index (χ1) is 26.9. The van der Waals surface area contributed by atoms with Gasteiger partial charge in [-0.1, -0.05) is 130 Å². The number of ether oxygens (including phenoxy) is 1. The second-order valence-corrected chi connectivity index (χ2v) is 18.1. The molecule has 1 N–H and O–H groups in total. The minimum atomic E-state index is -1.26. The zero-order chi connectivity index (χ0) is 40.2. The Morgan fingerprint density at radius 1 is 0.875 bits per heavy atom. The molecule has 0 bridgehead atoms. The number of hydrogen-bond acceptors (Lipinski definition) is 7. The molecule has 3 aromatic rings. The maximum atomic E-state index is 13.9. The molecule has 2 aliphatic rings. The van der Waals surface area contributed by atoms with E-state index < -0.39 is 17.7 Å². The Hall–Kier alpha value is -3.46. The normalized spacial score (nSPS) is 15.1. The van der Waals surface area contributed by atoms with Crippen molar-refractivity contribution in [2.24, 2.45) is 0 Å². The van der Waals surface area contributed by atoms with Crippen LogP contribution < -0.4 is 4.72 Å². The summed E-state index contributed by atoms with van der Waals surface area (Å²) in [5.74, 6) is -1.05. The average molecular weight is 799 g/mol. The standard InChI is InChI=1S/C48H63FN2O3S2/c1-9-10-11-12-13-14-15-16-17-18-19-36-22-28-40(29-23-36)56-50-39-27-26-38-32-51(55-8)45-35(4)44(46(47(52)54-49)53-48(5,6)7)41(37-24-20-33(2)21-25-37)30-34(3)43(45)42(38)31-39/h20-29,31,46,50H,9-19,30,32H2,1-8H3/t46-/m0/s1. The molecular weight excluding hydrogens is 736 g/mol. The SMILES string of the molecule is CCCCCCCCCCCCc1ccc(SNc2ccc3c(c2)C2=C(C)CC(c4ccc(C)cc4)=C([C@H](OC(C)(C)C)C(=O)OF)C(C)=C2N(SC)C3)cc1. The fourth-order valence-electron chi connectivity index (χ4n) is 7.91. The highest BCUT2D eigenvalue weighted by atomic mass is 32.2. The Bertz CT molecular complexity index is 1880. The molecule has 1 atom stereocenters. The van der Waals surface area contributed by atoms with Crippen molar-refractivity contribution in [2.75, 3.05) is 11.0 Å². The number of nitrogens with zero attached hydrogens (tertiary/aromatic N) is 1. The van der Waals surface area contributed by atoms with E-state index in [1.54, 1.807) is 23.9 Å². The van der Waals surface area contributed by atoms with Gasteiger partial charge in [-0.15, -0.1) is 0 Å². The number of rotatable bonds is 19. The van der Waals surface area contributed by atoms with Crippen LogP contribution in [0.15, 0.2) is 94.0 Å². The fraction of sp³-hybridized carbons (Fsp3) is 0.479. The Kier molecular flexibility index (Phi) is 16.2. The van der Waals surface area contributed by atoms with Gasteiger partial charge in [-0.25, -0.2) is 4.79 Å². The van der Waals surface area contributed by atoms with Crippen LogP contribution in [0.2, 0.25) is 0 Å². The zero-order valence-corrected chi connectivity index (χ0v) is 36.6. The lowest BCUT2D eigenvalue weighted by Gasteiger charge is -2.36. The Morgan fingerprint density at radius 2 is 1.52 bits per heavy atom. The quantitative estimate of drug-likeness (QED) is 0.0957. The molecular formula is C48H63FN2O3S2. The summed E-state index contributed by atoms with van der Waals surface area (Å²) in [7, 11) is 0. The molecule has 0 saturated carbocycles. The molecule has 1 heterocycles. The molecule has 0 fully saturated rings. The van der Waals surface area contributed by atoms with Gasteiger partial charge in [0, 0.05) is 32.5 Å². The van der Waals surface area contributed by atoms with Crippen molar-refractivity contribution in [3.8, 4) is 0 Å². The van der Waals surface area contributed by atoms with E-state index in [4.69, 9.17) is 4.74 Å². The van der Waals surface area contributed by atoms with E-state index in [1.165, 1.54) is 80.2 Å². The molecule has 0 radical (unpaired) electrons. The van der Waals surface area contributed by atoms with Crippen LogP contribution in [0.1, 0.15) is 140 Å². The van der Waals surface area contributed by atoms with Crippen LogP contribution >= 0.6 is 23.9 Å². The predicted octanol–water partition coefficient (Wildman–Crippen LogP) is 14.2. The van der Waals surface area contributed by atoms with Crippen LogP contribution in [0.5, 0.6) is 0 Å². The van der Waals surface area contributed by atoms with E-state index in [0.29, 0.717) is 18.5 Å². The zero-order valence-electron chi connectivity index (χ0n) is 35.0. The number of unbranched alkanes of at least 4 members (excludes halogenated alkanes) is 9. The van der Waals surface area contributed by atoms with Gasteiger partial charge in [-0.2, -0.15) is 0 Å². The van der Waals surface area contributed by atoms with Gasteiger partial charge < -0.3 is 13.8 Å². The monoisotopic (exact) mass is 798 g/mol. The molecule has 56 heavy (non-hydrogen) atoms. The second-order valence-electron chi connectivity index (χ2n) is 16.4. The van der Waals surface area contributed by atoms with Gasteiger partial charge in [-0.3, -0.25) is 4.94 Å². The maximum Gasteiger partial charge on any atom is 0.381 e. The van der Waals surface area contributed by atoms with E-state index >= 15 is 0 Å². The molecule has 3 aromatic carbocycles. The topological polar surface area (TPSA) is 50.8 Å². The Labute approximate surface area is 345 Å². The van der Waals surface area contributed by atoms with Crippen molar-refractivity contribution in [1.82, 2.24) is 4.31 Å². The van der Waals surface area contributed by atoms with Crippen molar-refractivity contribution >= 4 is 46.7 Å². The highest BCUT2D eigenvalue weighted by molar-refractivity contribution is 8.00. The van der Waals surface area contributed by atoms with Gasteiger partial charge in [0.25, 0.3) is 0 Å². The number of aryl methyl sites for hydroxylation is 2. The molecule has 302 valence electrons. The highest BCUT2D eigenvalue weighted by Gasteiger charge is 2.39. The van der Waals surface area contributed by atoms with E-state index in [9.17, 15) is 9.32 Å². The summed E-state index contributed by atoms with van der Waals surface area (Å²) in [5, 5.41) is 0. The average Bonchev–Trinajstić information content (AvgIpc) is 3.30. The molecule has 5 nitrogen and oxygen atoms in total. The molecule has 1 aliphatic carbocycles. The number of anilines is 1. The first kappa shape index (κ1) is 43.7. The first-order valence-electron chi connectivity index (χ1n) is 20.6. The van der Waals surface area contributed by atoms with Crippen molar-refractivity contribution in [3.63, 3.8) is 0 Å². The Balaban J connectivity index is 1.36. The van der Waals surface area contributed by atoms with E-state index in [0.717, 1.165) is 56.8 Å². The molecule has 0 aromatic heterocycles. The van der Waals surface area contributed by atoms with E-state index in [1.807, 2.05) is 27.7 Å². The molecule has 0 amide bonds. The van der Waals surface area contributed by atoms with E-state index in [2.05, 4.69) is 108 Å². The summed E-state index contributed by atoms with van der Waals surface area (Å²) >= 11 is 3.27.